The summed E-state index contributed by atoms with van der Waals surface area (Å²) < 4.78 is 3.69. The number of aryl methyl sites for hydroxylation is 1. The van der Waals surface area contributed by atoms with Gasteiger partial charge in [-0.05, 0) is 18.0 Å². The van der Waals surface area contributed by atoms with Gasteiger partial charge in [0.15, 0.2) is 0 Å². The molecule has 0 spiro atoms. The molecular formula is C9H11N3O3S. The second kappa shape index (κ2) is 5.96. The van der Waals surface area contributed by atoms with Crippen molar-refractivity contribution in [2.24, 2.45) is 0 Å². The monoisotopic (exact) mass is 241 g/mol. The van der Waals surface area contributed by atoms with Crippen LogP contribution in [-0.2, 0) is 11.2 Å². The Bertz CT molecular complexity index is 414. The van der Waals surface area contributed by atoms with E-state index in [4.69, 9.17) is 5.11 Å². The topological polar surface area (TPSA) is 92.2 Å². The average molecular weight is 241 g/mol. The van der Waals surface area contributed by atoms with E-state index in [-0.39, 0.29) is 12.5 Å². The fourth-order valence-electron chi connectivity index (χ4n) is 1.00. The molecule has 0 saturated heterocycles. The number of carbonyl (C=O) groups excluding carboxylic acids is 1. The normalized spacial score (nSPS) is 10.6. The second-order valence-electron chi connectivity index (χ2n) is 2.85. The first kappa shape index (κ1) is 12.3. The van der Waals surface area contributed by atoms with Crippen molar-refractivity contribution in [3.8, 4) is 0 Å². The van der Waals surface area contributed by atoms with E-state index in [1.165, 1.54) is 6.08 Å². The van der Waals surface area contributed by atoms with Gasteiger partial charge in [-0.2, -0.15) is 0 Å². The van der Waals surface area contributed by atoms with E-state index >= 15 is 0 Å². The largest absolute Gasteiger partial charge is 0.478 e. The Morgan fingerprint density at radius 2 is 2.31 bits per heavy atom. The summed E-state index contributed by atoms with van der Waals surface area (Å²) in [5, 5.41) is 14.7. The molecule has 7 heteroatoms. The van der Waals surface area contributed by atoms with Gasteiger partial charge in [0.05, 0.1) is 5.69 Å². The lowest BCUT2D eigenvalue weighted by atomic mass is 10.3. The van der Waals surface area contributed by atoms with Gasteiger partial charge in [0.2, 0.25) is 0 Å². The lowest BCUT2D eigenvalue weighted by molar-refractivity contribution is -0.131. The molecule has 16 heavy (non-hydrogen) atoms. The maximum absolute atomic E-state index is 11.6. The van der Waals surface area contributed by atoms with E-state index in [0.717, 1.165) is 17.6 Å². The maximum atomic E-state index is 11.6. The van der Waals surface area contributed by atoms with Crippen LogP contribution >= 0.6 is 11.5 Å². The van der Waals surface area contributed by atoms with Crippen LogP contribution in [0.1, 0.15) is 22.3 Å². The van der Waals surface area contributed by atoms with E-state index in [2.05, 4.69) is 14.9 Å². The van der Waals surface area contributed by atoms with E-state index in [1.54, 1.807) is 0 Å². The number of carbonyl (C=O) groups is 2. The lowest BCUT2D eigenvalue weighted by Gasteiger charge is -1.99. The Hall–Kier alpha value is -1.76. The van der Waals surface area contributed by atoms with Crippen LogP contribution in [0.15, 0.2) is 12.2 Å². The van der Waals surface area contributed by atoms with Crippen molar-refractivity contribution in [3.05, 3.63) is 22.7 Å². The molecule has 1 aromatic heterocycles. The number of nitrogens with one attached hydrogen (secondary N) is 1. The predicted octanol–water partition coefficient (Wildman–Crippen LogP) is 0.471. The highest BCUT2D eigenvalue weighted by Gasteiger charge is 2.13. The van der Waals surface area contributed by atoms with Gasteiger partial charge < -0.3 is 10.4 Å². The van der Waals surface area contributed by atoms with Crippen LogP contribution in [0.2, 0.25) is 0 Å². The van der Waals surface area contributed by atoms with Gasteiger partial charge in [0.1, 0.15) is 4.88 Å². The van der Waals surface area contributed by atoms with Crippen molar-refractivity contribution in [2.75, 3.05) is 6.54 Å². The molecule has 1 amide bonds. The SMILES string of the molecule is CCc1nnsc1C(=O)NC/C=C/C(=O)O. The molecule has 0 fully saturated rings. The molecule has 86 valence electrons. The summed E-state index contributed by atoms with van der Waals surface area (Å²) >= 11 is 1.03. The highest BCUT2D eigenvalue weighted by Crippen LogP contribution is 2.10. The minimum atomic E-state index is -1.04. The van der Waals surface area contributed by atoms with Crippen LogP contribution in [0.3, 0.4) is 0 Å². The molecule has 6 nitrogen and oxygen atoms in total. The number of hydrogen-bond acceptors (Lipinski definition) is 5. The molecule has 1 rings (SSSR count). The molecule has 0 atom stereocenters. The first-order valence-electron chi connectivity index (χ1n) is 4.64. The first-order chi connectivity index (χ1) is 7.65. The zero-order valence-corrected chi connectivity index (χ0v) is 9.45. The van der Waals surface area contributed by atoms with Crippen LogP contribution in [0.4, 0.5) is 0 Å². The molecule has 0 aliphatic heterocycles. The average Bonchev–Trinajstić information content (AvgIpc) is 2.71. The Labute approximate surface area is 96.2 Å². The summed E-state index contributed by atoms with van der Waals surface area (Å²) in [4.78, 5) is 22.2. The van der Waals surface area contributed by atoms with E-state index in [9.17, 15) is 9.59 Å². The van der Waals surface area contributed by atoms with Gasteiger partial charge >= 0.3 is 5.97 Å². The van der Waals surface area contributed by atoms with Gasteiger partial charge in [-0.3, -0.25) is 4.79 Å². The molecule has 1 aromatic rings. The highest BCUT2D eigenvalue weighted by molar-refractivity contribution is 7.08. The van der Waals surface area contributed by atoms with E-state index in [0.29, 0.717) is 17.0 Å². The van der Waals surface area contributed by atoms with Crippen LogP contribution < -0.4 is 5.32 Å². The number of amides is 1. The smallest absolute Gasteiger partial charge is 0.328 e. The number of carboxylic acid groups (broad SMARTS) is 1. The van der Waals surface area contributed by atoms with Crippen molar-refractivity contribution in [3.63, 3.8) is 0 Å². The maximum Gasteiger partial charge on any atom is 0.328 e. The zero-order valence-electron chi connectivity index (χ0n) is 8.64. The first-order valence-corrected chi connectivity index (χ1v) is 5.41. The second-order valence-corrected chi connectivity index (χ2v) is 3.61. The van der Waals surface area contributed by atoms with Crippen LogP contribution in [0, 0.1) is 0 Å². The zero-order chi connectivity index (χ0) is 12.0. The third-order valence-corrected chi connectivity index (χ3v) is 2.50. The number of aromatic nitrogens is 2. The number of rotatable bonds is 5. The number of aliphatic carboxylic acids is 1. The standard InChI is InChI=1S/C9H11N3O3S/c1-2-6-8(16-12-11-6)9(15)10-5-3-4-7(13)14/h3-4H,2,5H2,1H3,(H,10,15)(H,13,14)/b4-3+. The van der Waals surface area contributed by atoms with Gasteiger partial charge in [0.25, 0.3) is 5.91 Å². The summed E-state index contributed by atoms with van der Waals surface area (Å²) in [6.45, 7) is 2.06. The Morgan fingerprint density at radius 1 is 1.56 bits per heavy atom. The number of carboxylic acids is 1. The number of hydrogen-bond donors (Lipinski definition) is 2. The molecule has 1 heterocycles. The Kier molecular flexibility index (Phi) is 4.59. The van der Waals surface area contributed by atoms with E-state index in [1.807, 2.05) is 6.92 Å². The molecule has 0 unspecified atom stereocenters. The van der Waals surface area contributed by atoms with Crippen LogP contribution in [-0.4, -0.2) is 33.1 Å². The van der Waals surface area contributed by atoms with Gasteiger partial charge in [-0.1, -0.05) is 17.5 Å². The lowest BCUT2D eigenvalue weighted by Crippen LogP contribution is -2.23. The fraction of sp³-hybridized carbons (Fsp3) is 0.333. The summed E-state index contributed by atoms with van der Waals surface area (Å²) in [6, 6.07) is 0. The van der Waals surface area contributed by atoms with Crippen LogP contribution in [0.25, 0.3) is 0 Å². The molecule has 0 aliphatic rings. The van der Waals surface area contributed by atoms with Gasteiger partial charge in [-0.15, -0.1) is 5.10 Å². The van der Waals surface area contributed by atoms with Crippen molar-refractivity contribution < 1.29 is 14.7 Å². The Balaban J connectivity index is 2.50. The molecule has 0 saturated carbocycles. The Morgan fingerprint density at radius 3 is 2.94 bits per heavy atom. The minimum Gasteiger partial charge on any atom is -0.478 e. The third kappa shape index (κ3) is 3.43. The summed E-state index contributed by atoms with van der Waals surface area (Å²) in [5.74, 6) is -1.31. The number of nitrogens with zero attached hydrogens (tertiary/aromatic N) is 2. The minimum absolute atomic E-state index is 0.173. The summed E-state index contributed by atoms with van der Waals surface area (Å²) in [6.07, 6.45) is 2.98. The summed E-state index contributed by atoms with van der Waals surface area (Å²) in [5.41, 5.74) is 0.657. The molecule has 0 bridgehead atoms. The van der Waals surface area contributed by atoms with Gasteiger partial charge in [-0.25, -0.2) is 4.79 Å². The molecule has 0 aliphatic carbocycles. The molecule has 0 aromatic carbocycles. The van der Waals surface area contributed by atoms with E-state index < -0.39 is 5.97 Å². The summed E-state index contributed by atoms with van der Waals surface area (Å²) in [7, 11) is 0. The van der Waals surface area contributed by atoms with Crippen molar-refractivity contribution in [2.45, 2.75) is 13.3 Å². The molecule has 0 radical (unpaired) electrons. The molecular weight excluding hydrogens is 230 g/mol. The van der Waals surface area contributed by atoms with Crippen molar-refractivity contribution in [1.29, 1.82) is 0 Å². The van der Waals surface area contributed by atoms with Crippen LogP contribution in [0.5, 0.6) is 0 Å². The van der Waals surface area contributed by atoms with Crippen molar-refractivity contribution >= 4 is 23.4 Å². The van der Waals surface area contributed by atoms with Gasteiger partial charge in [0, 0.05) is 12.6 Å². The fourth-order valence-corrected chi connectivity index (χ4v) is 1.67. The predicted molar refractivity (Wildman–Crippen MR) is 58.4 cm³/mol. The highest BCUT2D eigenvalue weighted by atomic mass is 32.1. The third-order valence-electron chi connectivity index (χ3n) is 1.74. The quantitative estimate of drug-likeness (QED) is 0.731. The molecule has 2 N–H and O–H groups in total. The van der Waals surface area contributed by atoms with Crippen molar-refractivity contribution in [1.82, 2.24) is 14.9 Å².